The van der Waals surface area contributed by atoms with Gasteiger partial charge < -0.3 is 10.4 Å². The van der Waals surface area contributed by atoms with E-state index in [-0.39, 0.29) is 5.69 Å². The van der Waals surface area contributed by atoms with Crippen LogP contribution in [0.2, 0.25) is 0 Å². The standard InChI is InChI=1S/C12H13N3O2S/c1-7-3-4-13-5-9(7)6-14-12-15-10(11(16)17)8(2)18-12/h3-5H,6H2,1-2H3,(H,14,15)(H,16,17). The zero-order chi connectivity index (χ0) is 13.1. The predicted molar refractivity (Wildman–Crippen MR) is 70.1 cm³/mol. The number of carboxylic acid groups (broad SMARTS) is 1. The fourth-order valence-corrected chi connectivity index (χ4v) is 2.32. The summed E-state index contributed by atoms with van der Waals surface area (Å²) in [4.78, 5) is 19.7. The average molecular weight is 263 g/mol. The summed E-state index contributed by atoms with van der Waals surface area (Å²) in [5, 5.41) is 12.7. The van der Waals surface area contributed by atoms with Gasteiger partial charge in [-0.1, -0.05) is 0 Å². The van der Waals surface area contributed by atoms with Crippen LogP contribution in [0.1, 0.15) is 26.5 Å². The van der Waals surface area contributed by atoms with E-state index in [0.717, 1.165) is 11.1 Å². The Morgan fingerprint density at radius 1 is 1.50 bits per heavy atom. The molecule has 0 atom stereocenters. The second-order valence-electron chi connectivity index (χ2n) is 3.88. The van der Waals surface area contributed by atoms with Crippen molar-refractivity contribution >= 4 is 22.4 Å². The maximum absolute atomic E-state index is 10.9. The molecule has 0 aliphatic heterocycles. The van der Waals surface area contributed by atoms with E-state index in [2.05, 4.69) is 15.3 Å². The molecule has 0 saturated heterocycles. The maximum Gasteiger partial charge on any atom is 0.355 e. The van der Waals surface area contributed by atoms with Crippen molar-refractivity contribution in [2.45, 2.75) is 20.4 Å². The molecule has 0 saturated carbocycles. The Hall–Kier alpha value is -1.95. The van der Waals surface area contributed by atoms with Gasteiger partial charge in [0.15, 0.2) is 10.8 Å². The molecule has 94 valence electrons. The number of aromatic nitrogens is 2. The lowest BCUT2D eigenvalue weighted by Gasteiger charge is -2.05. The van der Waals surface area contributed by atoms with Crippen molar-refractivity contribution in [2.75, 3.05) is 5.32 Å². The number of aryl methyl sites for hydroxylation is 2. The summed E-state index contributed by atoms with van der Waals surface area (Å²) in [5.41, 5.74) is 2.33. The van der Waals surface area contributed by atoms with Crippen LogP contribution in [0.5, 0.6) is 0 Å². The van der Waals surface area contributed by atoms with Gasteiger partial charge in [0.05, 0.1) is 0 Å². The van der Waals surface area contributed by atoms with Gasteiger partial charge in [-0.3, -0.25) is 4.98 Å². The molecule has 2 aromatic rings. The third-order valence-electron chi connectivity index (χ3n) is 2.58. The minimum absolute atomic E-state index is 0.116. The van der Waals surface area contributed by atoms with Gasteiger partial charge >= 0.3 is 5.97 Å². The Labute approximate surface area is 109 Å². The van der Waals surface area contributed by atoms with Crippen molar-refractivity contribution in [3.8, 4) is 0 Å². The molecule has 0 bridgehead atoms. The minimum atomic E-state index is -0.991. The summed E-state index contributed by atoms with van der Waals surface area (Å²) < 4.78 is 0. The molecule has 0 fully saturated rings. The number of nitrogens with one attached hydrogen (secondary N) is 1. The predicted octanol–water partition coefficient (Wildman–Crippen LogP) is 2.47. The zero-order valence-electron chi connectivity index (χ0n) is 10.1. The number of nitrogens with zero attached hydrogens (tertiary/aromatic N) is 2. The third-order valence-corrected chi connectivity index (χ3v) is 3.51. The summed E-state index contributed by atoms with van der Waals surface area (Å²) in [7, 11) is 0. The fourth-order valence-electron chi connectivity index (χ4n) is 1.52. The highest BCUT2D eigenvalue weighted by Crippen LogP contribution is 2.22. The van der Waals surface area contributed by atoms with Gasteiger partial charge in [0.25, 0.3) is 0 Å². The Kier molecular flexibility index (Phi) is 3.57. The monoisotopic (exact) mass is 263 g/mol. The highest BCUT2D eigenvalue weighted by Gasteiger charge is 2.13. The lowest BCUT2D eigenvalue weighted by atomic mass is 10.2. The van der Waals surface area contributed by atoms with E-state index in [0.29, 0.717) is 16.6 Å². The van der Waals surface area contributed by atoms with Crippen LogP contribution >= 0.6 is 11.3 Å². The van der Waals surface area contributed by atoms with E-state index in [1.807, 2.05) is 13.0 Å². The average Bonchev–Trinajstić information content (AvgIpc) is 2.70. The fraction of sp³-hybridized carbons (Fsp3) is 0.250. The second-order valence-corrected chi connectivity index (χ2v) is 5.09. The van der Waals surface area contributed by atoms with E-state index in [1.54, 1.807) is 19.3 Å². The van der Waals surface area contributed by atoms with Crippen molar-refractivity contribution in [2.24, 2.45) is 0 Å². The van der Waals surface area contributed by atoms with Gasteiger partial charge in [-0.2, -0.15) is 0 Å². The SMILES string of the molecule is Cc1ccncc1CNc1nc(C(=O)O)c(C)s1. The molecule has 0 spiro atoms. The number of anilines is 1. The highest BCUT2D eigenvalue weighted by atomic mass is 32.1. The summed E-state index contributed by atoms with van der Waals surface area (Å²) >= 11 is 1.34. The number of hydrogen-bond donors (Lipinski definition) is 2. The molecule has 0 amide bonds. The first-order valence-electron chi connectivity index (χ1n) is 5.42. The van der Waals surface area contributed by atoms with Gasteiger partial charge in [-0.05, 0) is 31.0 Å². The number of rotatable bonds is 4. The lowest BCUT2D eigenvalue weighted by Crippen LogP contribution is -2.03. The molecule has 18 heavy (non-hydrogen) atoms. The van der Waals surface area contributed by atoms with Gasteiger partial charge in [0.1, 0.15) is 0 Å². The van der Waals surface area contributed by atoms with Crippen molar-refractivity contribution in [1.29, 1.82) is 0 Å². The molecule has 2 aromatic heterocycles. The number of pyridine rings is 1. The van der Waals surface area contributed by atoms with Crippen molar-refractivity contribution in [3.05, 3.63) is 40.2 Å². The van der Waals surface area contributed by atoms with Crippen LogP contribution in [0.3, 0.4) is 0 Å². The molecule has 2 rings (SSSR count). The Morgan fingerprint density at radius 3 is 2.89 bits per heavy atom. The van der Waals surface area contributed by atoms with Crippen LogP contribution in [0.25, 0.3) is 0 Å². The third kappa shape index (κ3) is 2.65. The van der Waals surface area contributed by atoms with E-state index < -0.39 is 5.97 Å². The number of carboxylic acids is 1. The van der Waals surface area contributed by atoms with Crippen LogP contribution < -0.4 is 5.32 Å². The maximum atomic E-state index is 10.9. The first kappa shape index (κ1) is 12.5. The molecule has 5 nitrogen and oxygen atoms in total. The molecule has 0 aromatic carbocycles. The summed E-state index contributed by atoms with van der Waals surface area (Å²) in [6, 6.07) is 1.94. The minimum Gasteiger partial charge on any atom is -0.476 e. The molecular formula is C12H13N3O2S. The van der Waals surface area contributed by atoms with Crippen molar-refractivity contribution in [3.63, 3.8) is 0 Å². The largest absolute Gasteiger partial charge is 0.476 e. The quantitative estimate of drug-likeness (QED) is 0.886. The van der Waals surface area contributed by atoms with Gasteiger partial charge in [0.2, 0.25) is 0 Å². The first-order chi connectivity index (χ1) is 8.58. The van der Waals surface area contributed by atoms with E-state index in [1.165, 1.54) is 11.3 Å². The topological polar surface area (TPSA) is 75.1 Å². The molecule has 6 heteroatoms. The smallest absolute Gasteiger partial charge is 0.355 e. The van der Waals surface area contributed by atoms with Crippen molar-refractivity contribution < 1.29 is 9.90 Å². The first-order valence-corrected chi connectivity index (χ1v) is 6.23. The number of thiazole rings is 1. The van der Waals surface area contributed by atoms with Crippen LogP contribution in [0.15, 0.2) is 18.5 Å². The van der Waals surface area contributed by atoms with E-state index in [9.17, 15) is 4.79 Å². The highest BCUT2D eigenvalue weighted by molar-refractivity contribution is 7.15. The van der Waals surface area contributed by atoms with Gasteiger partial charge in [-0.25, -0.2) is 9.78 Å². The van der Waals surface area contributed by atoms with Crippen LogP contribution in [0, 0.1) is 13.8 Å². The zero-order valence-corrected chi connectivity index (χ0v) is 10.9. The second kappa shape index (κ2) is 5.14. The Balaban J connectivity index is 2.09. The molecular weight excluding hydrogens is 250 g/mol. The van der Waals surface area contributed by atoms with Gasteiger partial charge in [-0.15, -0.1) is 11.3 Å². The summed E-state index contributed by atoms with van der Waals surface area (Å²) in [5.74, 6) is -0.991. The number of carbonyl (C=O) groups is 1. The van der Waals surface area contributed by atoms with Crippen LogP contribution in [-0.4, -0.2) is 21.0 Å². The van der Waals surface area contributed by atoms with Crippen molar-refractivity contribution in [1.82, 2.24) is 9.97 Å². The molecule has 2 N–H and O–H groups in total. The number of hydrogen-bond acceptors (Lipinski definition) is 5. The molecule has 0 aliphatic carbocycles. The molecule has 0 unspecified atom stereocenters. The normalized spacial score (nSPS) is 10.3. The molecule has 0 radical (unpaired) electrons. The lowest BCUT2D eigenvalue weighted by molar-refractivity contribution is 0.0690. The Bertz CT molecular complexity index is 580. The van der Waals surface area contributed by atoms with E-state index in [4.69, 9.17) is 5.11 Å². The summed E-state index contributed by atoms with van der Waals surface area (Å²) in [6.45, 7) is 4.35. The van der Waals surface area contributed by atoms with E-state index >= 15 is 0 Å². The van der Waals surface area contributed by atoms with Gasteiger partial charge in [0, 0.05) is 23.8 Å². The van der Waals surface area contributed by atoms with Crippen LogP contribution in [-0.2, 0) is 6.54 Å². The molecule has 2 heterocycles. The molecule has 0 aliphatic rings. The van der Waals surface area contributed by atoms with Crippen LogP contribution in [0.4, 0.5) is 5.13 Å². The Morgan fingerprint density at radius 2 is 2.28 bits per heavy atom. The number of aromatic carboxylic acids is 1. The summed E-state index contributed by atoms with van der Waals surface area (Å²) in [6.07, 6.45) is 3.54.